The standard InChI is InChI=1S/C22H29N5O2/c1-17-10-11-18(15-23-17)22(29)27-14-5-8-19-7-4-9-20(24-19)25(2)12-6-13-26(3)21(28)16-27/h4,7,9-11,15H,5-6,8,12-14,16H2,1-3H3. The molecular weight excluding hydrogens is 366 g/mol. The number of fused-ring (bicyclic) bond motifs is 2. The van der Waals surface area contributed by atoms with Gasteiger partial charge in [0.15, 0.2) is 0 Å². The lowest BCUT2D eigenvalue weighted by Crippen LogP contribution is -2.43. The summed E-state index contributed by atoms with van der Waals surface area (Å²) in [6.45, 7) is 3.90. The zero-order valence-electron chi connectivity index (χ0n) is 17.5. The summed E-state index contributed by atoms with van der Waals surface area (Å²) in [4.78, 5) is 40.2. The van der Waals surface area contributed by atoms with Crippen LogP contribution in [0, 0.1) is 6.92 Å². The molecule has 1 aliphatic rings. The van der Waals surface area contributed by atoms with Gasteiger partial charge in [0.25, 0.3) is 5.91 Å². The first-order valence-electron chi connectivity index (χ1n) is 10.1. The van der Waals surface area contributed by atoms with Crippen LogP contribution in [0.5, 0.6) is 0 Å². The Kier molecular flexibility index (Phi) is 6.80. The Hall–Kier alpha value is -2.96. The number of aromatic nitrogens is 2. The molecule has 0 saturated heterocycles. The van der Waals surface area contributed by atoms with E-state index in [0.29, 0.717) is 18.7 Å². The van der Waals surface area contributed by atoms with Gasteiger partial charge in [-0.2, -0.15) is 0 Å². The van der Waals surface area contributed by atoms with Gasteiger partial charge in [-0.05, 0) is 50.5 Å². The Bertz CT molecular complexity index is 853. The van der Waals surface area contributed by atoms with Gasteiger partial charge in [-0.1, -0.05) is 6.07 Å². The van der Waals surface area contributed by atoms with Crippen LogP contribution in [-0.2, 0) is 11.2 Å². The van der Waals surface area contributed by atoms with E-state index in [-0.39, 0.29) is 18.4 Å². The molecule has 2 bridgehead atoms. The average molecular weight is 396 g/mol. The molecule has 154 valence electrons. The van der Waals surface area contributed by atoms with Gasteiger partial charge in [0.2, 0.25) is 5.91 Å². The van der Waals surface area contributed by atoms with E-state index in [4.69, 9.17) is 4.98 Å². The molecule has 0 spiro atoms. The van der Waals surface area contributed by atoms with E-state index in [0.717, 1.165) is 43.0 Å². The zero-order chi connectivity index (χ0) is 20.8. The highest BCUT2D eigenvalue weighted by atomic mass is 16.2. The van der Waals surface area contributed by atoms with E-state index in [1.807, 2.05) is 38.2 Å². The Morgan fingerprint density at radius 2 is 1.79 bits per heavy atom. The molecule has 7 nitrogen and oxygen atoms in total. The van der Waals surface area contributed by atoms with Crippen LogP contribution in [0.2, 0.25) is 0 Å². The summed E-state index contributed by atoms with van der Waals surface area (Å²) in [6, 6.07) is 9.63. The van der Waals surface area contributed by atoms with Gasteiger partial charge in [-0.25, -0.2) is 4.98 Å². The molecule has 2 aromatic rings. The monoisotopic (exact) mass is 395 g/mol. The smallest absolute Gasteiger partial charge is 0.255 e. The number of anilines is 1. The van der Waals surface area contributed by atoms with Crippen molar-refractivity contribution in [3.05, 3.63) is 53.5 Å². The summed E-state index contributed by atoms with van der Waals surface area (Å²) in [6.07, 6.45) is 3.91. The zero-order valence-corrected chi connectivity index (χ0v) is 17.5. The van der Waals surface area contributed by atoms with Gasteiger partial charge in [-0.15, -0.1) is 0 Å². The SMILES string of the molecule is Cc1ccc(C(=O)N2CCCc3cccc(n3)N(C)CCCN(C)C(=O)C2)cn1. The first kappa shape index (κ1) is 20.8. The van der Waals surface area contributed by atoms with E-state index in [2.05, 4.69) is 9.88 Å². The number of likely N-dealkylation sites (N-methyl/N-ethyl adjacent to an activating group) is 1. The van der Waals surface area contributed by atoms with Crippen LogP contribution in [0.25, 0.3) is 0 Å². The van der Waals surface area contributed by atoms with Crippen LogP contribution in [0.1, 0.15) is 34.6 Å². The predicted molar refractivity (Wildman–Crippen MR) is 113 cm³/mol. The molecule has 3 rings (SSSR count). The van der Waals surface area contributed by atoms with Crippen molar-refractivity contribution in [2.75, 3.05) is 45.2 Å². The van der Waals surface area contributed by atoms with E-state index >= 15 is 0 Å². The summed E-state index contributed by atoms with van der Waals surface area (Å²) in [5.41, 5.74) is 2.36. The lowest BCUT2D eigenvalue weighted by atomic mass is 10.1. The molecule has 0 fully saturated rings. The van der Waals surface area contributed by atoms with Crippen molar-refractivity contribution in [1.29, 1.82) is 0 Å². The number of carbonyl (C=O) groups excluding carboxylic acids is 2. The van der Waals surface area contributed by atoms with Crippen molar-refractivity contribution in [3.63, 3.8) is 0 Å². The number of hydrogen-bond acceptors (Lipinski definition) is 5. The van der Waals surface area contributed by atoms with Crippen molar-refractivity contribution < 1.29 is 9.59 Å². The number of aryl methyl sites for hydroxylation is 2. The fourth-order valence-electron chi connectivity index (χ4n) is 3.37. The van der Waals surface area contributed by atoms with Crippen LogP contribution in [0.3, 0.4) is 0 Å². The molecule has 0 radical (unpaired) electrons. The Balaban J connectivity index is 1.80. The van der Waals surface area contributed by atoms with Gasteiger partial charge in [-0.3, -0.25) is 14.6 Å². The first-order chi connectivity index (χ1) is 13.9. The van der Waals surface area contributed by atoms with E-state index in [1.165, 1.54) is 0 Å². The maximum absolute atomic E-state index is 13.0. The molecule has 0 aromatic carbocycles. The highest BCUT2D eigenvalue weighted by molar-refractivity contribution is 5.96. The normalized spacial score (nSPS) is 16.5. The Morgan fingerprint density at radius 3 is 2.55 bits per heavy atom. The minimum absolute atomic E-state index is 0.0465. The summed E-state index contributed by atoms with van der Waals surface area (Å²) in [5.74, 6) is 0.731. The second-order valence-electron chi connectivity index (χ2n) is 7.60. The van der Waals surface area contributed by atoms with Gasteiger partial charge < -0.3 is 14.7 Å². The second kappa shape index (κ2) is 9.49. The van der Waals surface area contributed by atoms with Crippen LogP contribution in [-0.4, -0.2) is 71.9 Å². The summed E-state index contributed by atoms with van der Waals surface area (Å²) in [7, 11) is 3.82. The quantitative estimate of drug-likeness (QED) is 0.740. The van der Waals surface area contributed by atoms with Crippen LogP contribution >= 0.6 is 0 Å². The Labute approximate surface area is 172 Å². The maximum atomic E-state index is 13.0. The minimum atomic E-state index is -0.159. The number of nitrogens with zero attached hydrogens (tertiary/aromatic N) is 5. The lowest BCUT2D eigenvalue weighted by molar-refractivity contribution is -0.130. The highest BCUT2D eigenvalue weighted by Crippen LogP contribution is 2.13. The summed E-state index contributed by atoms with van der Waals surface area (Å²) in [5, 5.41) is 0. The molecule has 0 atom stereocenters. The molecule has 7 heteroatoms. The molecule has 2 amide bonds. The van der Waals surface area contributed by atoms with Crippen molar-refractivity contribution in [2.45, 2.75) is 26.2 Å². The van der Waals surface area contributed by atoms with Crippen molar-refractivity contribution in [2.24, 2.45) is 0 Å². The minimum Gasteiger partial charge on any atom is -0.360 e. The van der Waals surface area contributed by atoms with Gasteiger partial charge in [0.05, 0.1) is 5.56 Å². The summed E-state index contributed by atoms with van der Waals surface area (Å²) >= 11 is 0. The van der Waals surface area contributed by atoms with Crippen LogP contribution in [0.15, 0.2) is 36.5 Å². The van der Waals surface area contributed by atoms with Crippen LogP contribution < -0.4 is 4.90 Å². The number of pyridine rings is 2. The molecule has 0 N–H and O–H groups in total. The Morgan fingerprint density at radius 1 is 1.00 bits per heavy atom. The third kappa shape index (κ3) is 5.53. The number of carbonyl (C=O) groups is 2. The molecule has 0 unspecified atom stereocenters. The molecule has 29 heavy (non-hydrogen) atoms. The van der Waals surface area contributed by atoms with E-state index < -0.39 is 0 Å². The fraction of sp³-hybridized carbons (Fsp3) is 0.455. The molecule has 0 aliphatic carbocycles. The summed E-state index contributed by atoms with van der Waals surface area (Å²) < 4.78 is 0. The highest BCUT2D eigenvalue weighted by Gasteiger charge is 2.21. The van der Waals surface area contributed by atoms with E-state index in [9.17, 15) is 9.59 Å². The van der Waals surface area contributed by atoms with Crippen molar-refractivity contribution >= 4 is 17.6 Å². The number of rotatable bonds is 1. The third-order valence-corrected chi connectivity index (χ3v) is 5.23. The molecule has 2 aromatic heterocycles. The first-order valence-corrected chi connectivity index (χ1v) is 10.1. The van der Waals surface area contributed by atoms with Gasteiger partial charge in [0, 0.05) is 51.3 Å². The predicted octanol–water partition coefficient (Wildman–Crippen LogP) is 2.16. The topological polar surface area (TPSA) is 69.6 Å². The lowest BCUT2D eigenvalue weighted by Gasteiger charge is -2.27. The van der Waals surface area contributed by atoms with Crippen LogP contribution in [0.4, 0.5) is 5.82 Å². The van der Waals surface area contributed by atoms with Gasteiger partial charge >= 0.3 is 0 Å². The third-order valence-electron chi connectivity index (χ3n) is 5.23. The number of amides is 2. The largest absolute Gasteiger partial charge is 0.360 e. The second-order valence-corrected chi connectivity index (χ2v) is 7.60. The number of hydrogen-bond donors (Lipinski definition) is 0. The average Bonchev–Trinajstić information content (AvgIpc) is 2.72. The molecule has 1 aliphatic heterocycles. The van der Waals surface area contributed by atoms with Crippen molar-refractivity contribution in [1.82, 2.24) is 19.8 Å². The molecular formula is C22H29N5O2. The maximum Gasteiger partial charge on any atom is 0.255 e. The fourth-order valence-corrected chi connectivity index (χ4v) is 3.37. The van der Waals surface area contributed by atoms with Crippen molar-refractivity contribution in [3.8, 4) is 0 Å². The molecule has 3 heterocycles. The molecule has 0 saturated carbocycles. The van der Waals surface area contributed by atoms with Gasteiger partial charge in [0.1, 0.15) is 12.4 Å². The van der Waals surface area contributed by atoms with E-state index in [1.54, 1.807) is 29.1 Å².